The Morgan fingerprint density at radius 2 is 1.65 bits per heavy atom. The lowest BCUT2D eigenvalue weighted by Gasteiger charge is -2.40. The number of fused-ring (bicyclic) bond motifs is 1. The van der Waals surface area contributed by atoms with Gasteiger partial charge in [0.1, 0.15) is 5.60 Å². The third-order valence-electron chi connectivity index (χ3n) is 9.20. The zero-order chi connectivity index (χ0) is 34.1. The number of rotatable bonds is 10. The Hall–Kier alpha value is -4.15. The Morgan fingerprint density at radius 1 is 0.938 bits per heavy atom. The number of hydrogen-bond acceptors (Lipinski definition) is 5. The number of benzene rings is 3. The number of likely N-dealkylation sites (tertiary alicyclic amines) is 1. The van der Waals surface area contributed by atoms with Crippen LogP contribution in [0.3, 0.4) is 0 Å². The van der Waals surface area contributed by atoms with Crippen LogP contribution in [0.5, 0.6) is 0 Å². The number of nitrogens with zero attached hydrogens (tertiary/aromatic N) is 3. The van der Waals surface area contributed by atoms with Crippen LogP contribution < -0.4 is 4.72 Å². The summed E-state index contributed by atoms with van der Waals surface area (Å²) < 4.78 is 33.8. The highest BCUT2D eigenvalue weighted by Crippen LogP contribution is 2.40. The lowest BCUT2D eigenvalue weighted by atomic mass is 9.79. The number of hydrogen-bond donors (Lipinski definition) is 1. The van der Waals surface area contributed by atoms with E-state index in [1.165, 1.54) is 0 Å². The average molecular weight is 671 g/mol. The molecule has 3 aromatic carbocycles. The van der Waals surface area contributed by atoms with Gasteiger partial charge in [-0.05, 0) is 74.3 Å². The van der Waals surface area contributed by atoms with Gasteiger partial charge in [-0.25, -0.2) is 17.9 Å². The standard InChI is InChI=1S/C38H46N4O5S/c1-38(2,3)47-37(44)41-21-19-32(29-14-10-13-28(23-29)27-11-6-5-7-12-27)34(26-41)36(43)42(31-17-18-31)25-30-24-40(22-20-39-48(4,45)46)35-16-9-8-15-33(30)35/h5-16,23-24,31-32,34,39H,17-22,25-26H2,1-4H3/t32-,34+/m1/s1. The summed E-state index contributed by atoms with van der Waals surface area (Å²) in [7, 11) is -3.31. The Labute approximate surface area is 283 Å². The van der Waals surface area contributed by atoms with Crippen LogP contribution in [0.1, 0.15) is 57.1 Å². The summed E-state index contributed by atoms with van der Waals surface area (Å²) in [5, 5.41) is 1.04. The van der Waals surface area contributed by atoms with E-state index in [9.17, 15) is 18.0 Å². The Kier molecular flexibility index (Phi) is 9.67. The first-order chi connectivity index (χ1) is 22.9. The maximum Gasteiger partial charge on any atom is 0.410 e. The number of sulfonamides is 1. The van der Waals surface area contributed by atoms with Crippen LogP contribution in [0, 0.1) is 5.92 Å². The third-order valence-corrected chi connectivity index (χ3v) is 9.93. The van der Waals surface area contributed by atoms with Crippen molar-refractivity contribution in [1.29, 1.82) is 0 Å². The number of nitrogens with one attached hydrogen (secondary N) is 1. The topological polar surface area (TPSA) is 101 Å². The molecule has 1 saturated heterocycles. The molecule has 1 aromatic heterocycles. The maximum atomic E-state index is 14.9. The molecule has 2 amide bonds. The van der Waals surface area contributed by atoms with Gasteiger partial charge < -0.3 is 19.1 Å². The monoisotopic (exact) mass is 670 g/mol. The van der Waals surface area contributed by atoms with Crippen LogP contribution in [0.15, 0.2) is 85.1 Å². The molecule has 0 spiro atoms. The molecule has 6 rings (SSSR count). The molecule has 10 heteroatoms. The van der Waals surface area contributed by atoms with Crippen molar-refractivity contribution in [2.75, 3.05) is 25.9 Å². The van der Waals surface area contributed by atoms with E-state index in [1.54, 1.807) is 4.90 Å². The quantitative estimate of drug-likeness (QED) is 0.211. The van der Waals surface area contributed by atoms with Crippen LogP contribution >= 0.6 is 0 Å². The summed E-state index contributed by atoms with van der Waals surface area (Å²) in [6.07, 6.45) is 5.36. The van der Waals surface area contributed by atoms with Crippen LogP contribution in [-0.4, -0.2) is 72.3 Å². The van der Waals surface area contributed by atoms with E-state index >= 15 is 0 Å². The van der Waals surface area contributed by atoms with Crippen molar-refractivity contribution in [1.82, 2.24) is 19.1 Å². The van der Waals surface area contributed by atoms with Crippen LogP contribution in [0.4, 0.5) is 4.79 Å². The van der Waals surface area contributed by atoms with Crippen molar-refractivity contribution < 1.29 is 22.7 Å². The molecule has 48 heavy (non-hydrogen) atoms. The highest BCUT2D eigenvalue weighted by atomic mass is 32.2. The van der Waals surface area contributed by atoms with Gasteiger partial charge in [-0.15, -0.1) is 0 Å². The van der Waals surface area contributed by atoms with Gasteiger partial charge in [-0.1, -0.05) is 72.8 Å². The number of aromatic nitrogens is 1. The molecule has 4 aromatic rings. The largest absolute Gasteiger partial charge is 0.444 e. The van der Waals surface area contributed by atoms with E-state index in [2.05, 4.69) is 51.8 Å². The summed E-state index contributed by atoms with van der Waals surface area (Å²) in [6.45, 7) is 7.56. The zero-order valence-electron chi connectivity index (χ0n) is 28.3. The van der Waals surface area contributed by atoms with Gasteiger partial charge in [-0.2, -0.15) is 0 Å². The molecule has 1 aliphatic heterocycles. The van der Waals surface area contributed by atoms with Gasteiger partial charge in [0.05, 0.1) is 12.2 Å². The van der Waals surface area contributed by atoms with Crippen molar-refractivity contribution in [3.8, 4) is 11.1 Å². The highest BCUT2D eigenvalue weighted by Gasteiger charge is 2.43. The van der Waals surface area contributed by atoms with Crippen molar-refractivity contribution in [2.45, 2.75) is 70.7 Å². The van der Waals surface area contributed by atoms with E-state index in [4.69, 9.17) is 4.74 Å². The number of carbonyl (C=O) groups is 2. The molecule has 0 unspecified atom stereocenters. The fourth-order valence-corrected chi connectivity index (χ4v) is 7.29. The molecule has 9 nitrogen and oxygen atoms in total. The molecule has 1 N–H and O–H groups in total. The van der Waals surface area contributed by atoms with E-state index in [0.29, 0.717) is 26.1 Å². The third kappa shape index (κ3) is 8.10. The molecule has 2 aliphatic rings. The zero-order valence-corrected chi connectivity index (χ0v) is 29.1. The van der Waals surface area contributed by atoms with Crippen molar-refractivity contribution in [2.24, 2.45) is 5.92 Å². The first-order valence-electron chi connectivity index (χ1n) is 16.8. The van der Waals surface area contributed by atoms with E-state index in [-0.39, 0.29) is 37.0 Å². The molecule has 0 radical (unpaired) electrons. The summed E-state index contributed by atoms with van der Waals surface area (Å²) in [6, 6.07) is 26.9. The van der Waals surface area contributed by atoms with Gasteiger partial charge in [0.25, 0.3) is 0 Å². The van der Waals surface area contributed by atoms with Crippen LogP contribution in [0.25, 0.3) is 22.0 Å². The number of para-hydroxylation sites is 1. The number of amides is 2. The Bertz CT molecular complexity index is 1880. The van der Waals surface area contributed by atoms with Crippen molar-refractivity contribution >= 4 is 32.9 Å². The smallest absolute Gasteiger partial charge is 0.410 e. The molecule has 2 fully saturated rings. The molecule has 2 heterocycles. The first-order valence-corrected chi connectivity index (χ1v) is 18.7. The molecular weight excluding hydrogens is 625 g/mol. The minimum Gasteiger partial charge on any atom is -0.444 e. The van der Waals surface area contributed by atoms with E-state index in [0.717, 1.165) is 52.3 Å². The summed E-state index contributed by atoms with van der Waals surface area (Å²) in [5.74, 6) is -0.453. The lowest BCUT2D eigenvalue weighted by molar-refractivity contribution is -0.139. The fourth-order valence-electron chi connectivity index (χ4n) is 6.83. The van der Waals surface area contributed by atoms with Gasteiger partial charge >= 0.3 is 6.09 Å². The minimum absolute atomic E-state index is 0.0523. The first kappa shape index (κ1) is 33.7. The molecule has 0 bridgehead atoms. The lowest BCUT2D eigenvalue weighted by Crippen LogP contribution is -2.51. The normalized spacial score (nSPS) is 18.5. The SMILES string of the molecule is CC(C)(C)OC(=O)N1CC[C@H](c2cccc(-c3ccccc3)c2)[C@@H](C(=O)N(Cc2cn(CCNS(C)(=O)=O)c3ccccc23)C2CC2)C1. The predicted octanol–water partition coefficient (Wildman–Crippen LogP) is 6.39. The van der Waals surface area contributed by atoms with Gasteiger partial charge in [0, 0.05) is 55.9 Å². The molecule has 1 aliphatic carbocycles. The summed E-state index contributed by atoms with van der Waals surface area (Å²) in [4.78, 5) is 31.9. The number of carbonyl (C=O) groups excluding carboxylic acids is 2. The van der Waals surface area contributed by atoms with Crippen LogP contribution in [-0.2, 0) is 32.6 Å². The van der Waals surface area contributed by atoms with E-state index in [1.807, 2.05) is 68.3 Å². The van der Waals surface area contributed by atoms with Crippen LogP contribution in [0.2, 0.25) is 0 Å². The van der Waals surface area contributed by atoms with Crippen molar-refractivity contribution in [3.63, 3.8) is 0 Å². The molecule has 2 atom stereocenters. The second-order valence-corrected chi connectivity index (χ2v) is 16.0. The minimum atomic E-state index is -3.31. The summed E-state index contributed by atoms with van der Waals surface area (Å²) in [5.41, 5.74) is 4.71. The Balaban J connectivity index is 1.31. The number of piperidine rings is 1. The maximum absolute atomic E-state index is 14.9. The van der Waals surface area contributed by atoms with Gasteiger partial charge in [0.15, 0.2) is 0 Å². The fraction of sp³-hybridized carbons (Fsp3) is 0.421. The van der Waals surface area contributed by atoms with Gasteiger partial charge in [-0.3, -0.25) is 4.79 Å². The second-order valence-electron chi connectivity index (χ2n) is 14.1. The molecule has 1 saturated carbocycles. The average Bonchev–Trinajstić information content (AvgIpc) is 3.84. The van der Waals surface area contributed by atoms with Gasteiger partial charge in [0.2, 0.25) is 15.9 Å². The number of ether oxygens (including phenoxy) is 1. The van der Waals surface area contributed by atoms with E-state index < -0.39 is 21.5 Å². The highest BCUT2D eigenvalue weighted by molar-refractivity contribution is 7.88. The van der Waals surface area contributed by atoms with Crippen molar-refractivity contribution in [3.05, 3.63) is 96.2 Å². The predicted molar refractivity (Wildman–Crippen MR) is 189 cm³/mol. The molecular formula is C38H46N4O5S. The second kappa shape index (κ2) is 13.8. The Morgan fingerprint density at radius 3 is 2.35 bits per heavy atom. The summed E-state index contributed by atoms with van der Waals surface area (Å²) >= 11 is 0. The molecule has 254 valence electrons.